The van der Waals surface area contributed by atoms with Gasteiger partial charge in [-0.15, -0.1) is 0 Å². The summed E-state index contributed by atoms with van der Waals surface area (Å²) in [6, 6.07) is 0. The Morgan fingerprint density at radius 3 is 2.56 bits per heavy atom. The maximum absolute atomic E-state index is 11.9. The van der Waals surface area contributed by atoms with Crippen LogP contribution in [0.3, 0.4) is 0 Å². The molecular weight excluding hydrogens is 392 g/mol. The van der Waals surface area contributed by atoms with Crippen molar-refractivity contribution in [1.29, 1.82) is 0 Å². The lowest BCUT2D eigenvalue weighted by atomic mass is 9.47. The minimum Gasteiger partial charge on any atom is -0.462 e. The normalized spacial score (nSPS) is 42.0. The molecule has 0 radical (unpaired) electrons. The van der Waals surface area contributed by atoms with E-state index in [9.17, 15) is 4.79 Å². The molecule has 0 heterocycles. The molecule has 0 aromatic heterocycles. The second kappa shape index (κ2) is 9.46. The number of hydrogen-bond acceptors (Lipinski definition) is 2. The van der Waals surface area contributed by atoms with Crippen LogP contribution in [0.4, 0.5) is 0 Å². The van der Waals surface area contributed by atoms with Gasteiger partial charge in [-0.1, -0.05) is 72.5 Å². The number of rotatable bonds is 7. The van der Waals surface area contributed by atoms with Crippen molar-refractivity contribution in [2.75, 3.05) is 0 Å². The molecule has 2 heteroatoms. The highest BCUT2D eigenvalue weighted by atomic mass is 16.5. The van der Waals surface area contributed by atoms with Crippen LogP contribution in [0.2, 0.25) is 0 Å². The maximum atomic E-state index is 11.9. The van der Waals surface area contributed by atoms with Gasteiger partial charge in [0.05, 0.1) is 0 Å². The van der Waals surface area contributed by atoms with E-state index in [0.717, 1.165) is 48.3 Å². The van der Waals surface area contributed by atoms with Crippen LogP contribution < -0.4 is 0 Å². The number of carbonyl (C=O) groups is 1. The lowest BCUT2D eigenvalue weighted by molar-refractivity contribution is -0.151. The van der Waals surface area contributed by atoms with E-state index in [4.69, 9.17) is 4.74 Å². The van der Waals surface area contributed by atoms with Gasteiger partial charge < -0.3 is 4.74 Å². The Balaban J connectivity index is 1.45. The molecule has 0 aromatic carbocycles. The Hall–Kier alpha value is -0.790. The smallest absolute Gasteiger partial charge is 0.305 e. The van der Waals surface area contributed by atoms with Gasteiger partial charge >= 0.3 is 5.97 Å². The van der Waals surface area contributed by atoms with Crippen LogP contribution in [0.15, 0.2) is 11.6 Å². The Kier molecular flexibility index (Phi) is 7.19. The Morgan fingerprint density at radius 1 is 1.06 bits per heavy atom. The zero-order chi connectivity index (χ0) is 23.1. The summed E-state index contributed by atoms with van der Waals surface area (Å²) in [6.07, 6.45) is 17.8. The van der Waals surface area contributed by atoms with E-state index in [1.807, 2.05) is 6.92 Å². The fourth-order valence-electron chi connectivity index (χ4n) is 9.02. The molecule has 182 valence electrons. The largest absolute Gasteiger partial charge is 0.462 e. The number of ether oxygens (including phenoxy) is 1. The summed E-state index contributed by atoms with van der Waals surface area (Å²) in [5.74, 6) is 5.28. The van der Waals surface area contributed by atoms with E-state index < -0.39 is 0 Å². The summed E-state index contributed by atoms with van der Waals surface area (Å²) in [4.78, 5) is 11.9. The van der Waals surface area contributed by atoms with Gasteiger partial charge in [-0.25, -0.2) is 0 Å². The summed E-state index contributed by atoms with van der Waals surface area (Å²) >= 11 is 0. The van der Waals surface area contributed by atoms with Gasteiger partial charge in [0.2, 0.25) is 0 Å². The quantitative estimate of drug-likeness (QED) is 0.292. The fourth-order valence-corrected chi connectivity index (χ4v) is 9.02. The van der Waals surface area contributed by atoms with Crippen LogP contribution in [-0.4, -0.2) is 12.1 Å². The highest BCUT2D eigenvalue weighted by Crippen LogP contribution is 2.67. The minimum atomic E-state index is -0.0270. The Labute approximate surface area is 198 Å². The monoisotopic (exact) mass is 442 g/mol. The molecule has 0 saturated heterocycles. The van der Waals surface area contributed by atoms with E-state index >= 15 is 0 Å². The molecule has 2 nitrogen and oxygen atoms in total. The van der Waals surface area contributed by atoms with Crippen LogP contribution in [-0.2, 0) is 9.53 Å². The number of hydrogen-bond donors (Lipinski definition) is 0. The molecule has 0 amide bonds. The lowest BCUT2D eigenvalue weighted by Gasteiger charge is -2.58. The van der Waals surface area contributed by atoms with Gasteiger partial charge in [0.25, 0.3) is 0 Å². The first-order valence-corrected chi connectivity index (χ1v) is 14.1. The molecule has 4 rings (SSSR count). The Morgan fingerprint density at radius 2 is 1.84 bits per heavy atom. The van der Waals surface area contributed by atoms with Gasteiger partial charge in [-0.05, 0) is 91.3 Å². The van der Waals surface area contributed by atoms with Gasteiger partial charge in [0.1, 0.15) is 6.10 Å². The zero-order valence-electron chi connectivity index (χ0n) is 21.9. The van der Waals surface area contributed by atoms with Crippen LogP contribution in [0.5, 0.6) is 0 Å². The number of carbonyl (C=O) groups excluding carboxylic acids is 1. The van der Waals surface area contributed by atoms with E-state index in [1.54, 1.807) is 5.57 Å². The maximum Gasteiger partial charge on any atom is 0.305 e. The SMILES string of the molecule is CCC(=O)O[C@H]1CCC2(C)C(=CC[C@@H]3C2CCC2(C)C([C@H](C)CCCC(C)C)CC[C@@H]32)C1. The molecule has 0 bridgehead atoms. The molecule has 4 aliphatic carbocycles. The van der Waals surface area contributed by atoms with Crippen molar-refractivity contribution < 1.29 is 9.53 Å². The van der Waals surface area contributed by atoms with Crippen molar-refractivity contribution in [3.05, 3.63) is 11.6 Å². The summed E-state index contributed by atoms with van der Waals surface area (Å²) < 4.78 is 5.76. The second-order valence-electron chi connectivity index (χ2n) is 13.0. The highest BCUT2D eigenvalue weighted by molar-refractivity contribution is 5.69. The van der Waals surface area contributed by atoms with Gasteiger partial charge in [0.15, 0.2) is 0 Å². The molecule has 32 heavy (non-hydrogen) atoms. The predicted octanol–water partition coefficient (Wildman–Crippen LogP) is 8.35. The minimum absolute atomic E-state index is 0.0270. The molecule has 0 aliphatic heterocycles. The van der Waals surface area contributed by atoms with E-state index in [2.05, 4.69) is 40.7 Å². The highest BCUT2D eigenvalue weighted by Gasteiger charge is 2.59. The fraction of sp³-hybridized carbons (Fsp3) is 0.900. The molecular formula is C30H50O2. The number of esters is 1. The molecule has 3 fully saturated rings. The molecule has 0 aromatic rings. The topological polar surface area (TPSA) is 26.3 Å². The van der Waals surface area contributed by atoms with Crippen LogP contribution in [0.1, 0.15) is 119 Å². The third-order valence-corrected chi connectivity index (χ3v) is 10.8. The average molecular weight is 443 g/mol. The first-order chi connectivity index (χ1) is 15.2. The molecule has 4 aliphatic rings. The van der Waals surface area contributed by atoms with Crippen molar-refractivity contribution in [1.82, 2.24) is 0 Å². The van der Waals surface area contributed by atoms with Crippen molar-refractivity contribution in [3.63, 3.8) is 0 Å². The van der Waals surface area contributed by atoms with E-state index in [-0.39, 0.29) is 12.1 Å². The first-order valence-electron chi connectivity index (χ1n) is 14.1. The standard InChI is InChI=1S/C30H50O2/c1-7-28(31)32-23-15-17-29(5)22(19-23)11-12-24-26-14-13-25(21(4)10-8-9-20(2)3)30(26,6)18-16-27(24)29/h11,20-21,23-27H,7-10,12-19H2,1-6H3/t21-,23+,24+,25?,26+,27?,29?,30?/m1/s1. The van der Waals surface area contributed by atoms with Crippen molar-refractivity contribution in [3.8, 4) is 0 Å². The second-order valence-corrected chi connectivity index (χ2v) is 13.0. The van der Waals surface area contributed by atoms with Crippen molar-refractivity contribution in [2.24, 2.45) is 46.3 Å². The van der Waals surface area contributed by atoms with Gasteiger partial charge in [-0.3, -0.25) is 4.79 Å². The first kappa shape index (κ1) is 24.3. The molecule has 4 unspecified atom stereocenters. The zero-order valence-corrected chi connectivity index (χ0v) is 21.9. The van der Waals surface area contributed by atoms with Crippen LogP contribution in [0, 0.1) is 46.3 Å². The molecule has 8 atom stereocenters. The molecule has 0 N–H and O–H groups in total. The number of fused-ring (bicyclic) bond motifs is 5. The van der Waals surface area contributed by atoms with Crippen LogP contribution >= 0.6 is 0 Å². The predicted molar refractivity (Wildman–Crippen MR) is 133 cm³/mol. The third kappa shape index (κ3) is 4.34. The van der Waals surface area contributed by atoms with Gasteiger partial charge in [-0.2, -0.15) is 0 Å². The van der Waals surface area contributed by atoms with Crippen molar-refractivity contribution >= 4 is 5.97 Å². The van der Waals surface area contributed by atoms with E-state index in [0.29, 0.717) is 17.3 Å². The van der Waals surface area contributed by atoms with Crippen LogP contribution in [0.25, 0.3) is 0 Å². The summed E-state index contributed by atoms with van der Waals surface area (Å²) in [6.45, 7) is 14.5. The lowest BCUT2D eigenvalue weighted by Crippen LogP contribution is -2.51. The molecule has 0 spiro atoms. The summed E-state index contributed by atoms with van der Waals surface area (Å²) in [5.41, 5.74) is 2.54. The van der Waals surface area contributed by atoms with Crippen molar-refractivity contribution in [2.45, 2.75) is 125 Å². The molecule has 3 saturated carbocycles. The summed E-state index contributed by atoms with van der Waals surface area (Å²) in [7, 11) is 0. The average Bonchev–Trinajstić information content (AvgIpc) is 3.11. The third-order valence-electron chi connectivity index (χ3n) is 10.8. The Bertz CT molecular complexity index is 708. The van der Waals surface area contributed by atoms with Gasteiger partial charge in [0, 0.05) is 12.8 Å². The van der Waals surface area contributed by atoms with E-state index in [1.165, 1.54) is 57.8 Å². The number of allylic oxidation sites excluding steroid dienone is 1. The summed E-state index contributed by atoms with van der Waals surface area (Å²) in [5, 5.41) is 0.